The van der Waals surface area contributed by atoms with Crippen molar-refractivity contribution in [3.05, 3.63) is 17.9 Å². The molecule has 0 radical (unpaired) electrons. The zero-order valence-electron chi connectivity index (χ0n) is 8.75. The summed E-state index contributed by atoms with van der Waals surface area (Å²) in [5, 5.41) is 11.3. The average Bonchev–Trinajstić information content (AvgIpc) is 2.02. The molecule has 0 heterocycles. The molecule has 0 aliphatic rings. The molecule has 0 aliphatic carbocycles. The quantitative estimate of drug-likeness (QED) is 0.171. The predicted octanol–water partition coefficient (Wildman–Crippen LogP) is 2.68. The van der Waals surface area contributed by atoms with Gasteiger partial charge in [-0.1, -0.05) is 6.08 Å². The molecule has 2 nitrogen and oxygen atoms in total. The lowest BCUT2D eigenvalue weighted by Gasteiger charge is -2.18. The molecule has 0 spiro atoms. The molecule has 0 aromatic rings. The molecule has 76 valence electrons. The van der Waals surface area contributed by atoms with Crippen molar-refractivity contribution in [2.24, 2.45) is 0 Å². The summed E-state index contributed by atoms with van der Waals surface area (Å²) in [4.78, 5) is 0. The molecule has 0 aliphatic heterocycles. The van der Waals surface area contributed by atoms with Crippen molar-refractivity contribution < 1.29 is 4.74 Å². The minimum Gasteiger partial charge on any atom is -0.624 e. The van der Waals surface area contributed by atoms with E-state index >= 15 is 0 Å². The largest absolute Gasteiger partial charge is 0.624 e. The van der Waals surface area contributed by atoms with Gasteiger partial charge in [-0.2, -0.15) is 11.8 Å². The minimum atomic E-state index is -0.302. The third-order valence-corrected chi connectivity index (χ3v) is 2.45. The summed E-state index contributed by atoms with van der Waals surface area (Å²) in [6.45, 7) is 9.36. The molecule has 0 unspecified atom stereocenters. The van der Waals surface area contributed by atoms with E-state index in [9.17, 15) is 5.21 Å². The Hall–Kier alpha value is -0.440. The second-order valence-electron chi connectivity index (χ2n) is 3.83. The van der Waals surface area contributed by atoms with Crippen molar-refractivity contribution in [1.82, 2.24) is 0 Å². The molecular weight excluding hydrogens is 182 g/mol. The molecular formula is C10H19NOS. The van der Waals surface area contributed by atoms with Crippen molar-refractivity contribution in [2.45, 2.75) is 32.7 Å². The molecule has 0 rings (SSSR count). The first kappa shape index (κ1) is 12.6. The van der Waals surface area contributed by atoms with E-state index in [-0.39, 0.29) is 5.54 Å². The van der Waals surface area contributed by atoms with Crippen LogP contribution in [0.15, 0.2) is 12.7 Å². The molecule has 0 aromatic carbocycles. The average molecular weight is 201 g/mol. The van der Waals surface area contributed by atoms with Crippen LogP contribution in [0.4, 0.5) is 0 Å². The Labute approximate surface area is 85.3 Å². The maximum atomic E-state index is 11.3. The Kier molecular flexibility index (Phi) is 5.88. The highest BCUT2D eigenvalue weighted by Gasteiger charge is 2.17. The van der Waals surface area contributed by atoms with Crippen LogP contribution in [0.3, 0.4) is 0 Å². The number of hydrogen-bond donors (Lipinski definition) is 0. The second kappa shape index (κ2) is 6.08. The van der Waals surface area contributed by atoms with Crippen molar-refractivity contribution >= 4 is 18.0 Å². The number of thioether (sulfide) groups is 1. The molecule has 0 fully saturated rings. The van der Waals surface area contributed by atoms with Gasteiger partial charge in [0.2, 0.25) is 0 Å². The third-order valence-electron chi connectivity index (χ3n) is 1.45. The molecule has 0 saturated heterocycles. The first-order valence-electron chi connectivity index (χ1n) is 4.47. The van der Waals surface area contributed by atoms with Crippen LogP contribution in [-0.4, -0.2) is 28.0 Å². The SMILES string of the molecule is C=CCSCC/C=[N+](\[O-])C(C)(C)C. The zero-order valence-corrected chi connectivity index (χ0v) is 9.56. The van der Waals surface area contributed by atoms with Gasteiger partial charge < -0.3 is 5.21 Å². The fourth-order valence-corrected chi connectivity index (χ4v) is 1.30. The van der Waals surface area contributed by atoms with E-state index in [2.05, 4.69) is 6.58 Å². The molecule has 0 amide bonds. The molecule has 0 saturated carbocycles. The van der Waals surface area contributed by atoms with E-state index in [0.717, 1.165) is 22.7 Å². The van der Waals surface area contributed by atoms with Crippen LogP contribution >= 0.6 is 11.8 Å². The van der Waals surface area contributed by atoms with Crippen molar-refractivity contribution in [2.75, 3.05) is 11.5 Å². The normalized spacial score (nSPS) is 13.0. The predicted molar refractivity (Wildman–Crippen MR) is 61.6 cm³/mol. The lowest BCUT2D eigenvalue weighted by atomic mass is 10.1. The Bertz CT molecular complexity index is 182. The number of hydroxylamine groups is 1. The number of nitrogens with zero attached hydrogens (tertiary/aromatic N) is 1. The first-order chi connectivity index (χ1) is 5.98. The highest BCUT2D eigenvalue weighted by Crippen LogP contribution is 2.06. The van der Waals surface area contributed by atoms with E-state index in [1.54, 1.807) is 18.0 Å². The molecule has 3 heteroatoms. The van der Waals surface area contributed by atoms with Crippen LogP contribution in [-0.2, 0) is 0 Å². The fraction of sp³-hybridized carbons (Fsp3) is 0.700. The maximum Gasteiger partial charge on any atom is 0.164 e. The standard InChI is InChI=1S/C10H19NOS/c1-5-8-13-9-6-7-11(12)10(2,3)4/h5,7H,1,6,8-9H2,2-4H3/b11-7-. The van der Waals surface area contributed by atoms with Gasteiger partial charge in [-0.05, 0) is 0 Å². The van der Waals surface area contributed by atoms with Crippen LogP contribution in [0.1, 0.15) is 27.2 Å². The first-order valence-corrected chi connectivity index (χ1v) is 5.62. The fourth-order valence-electron chi connectivity index (χ4n) is 0.694. The summed E-state index contributed by atoms with van der Waals surface area (Å²) in [6, 6.07) is 0. The van der Waals surface area contributed by atoms with E-state index < -0.39 is 0 Å². The van der Waals surface area contributed by atoms with E-state index in [1.807, 2.05) is 26.8 Å². The van der Waals surface area contributed by atoms with E-state index in [1.165, 1.54) is 0 Å². The summed E-state index contributed by atoms with van der Waals surface area (Å²) in [5.41, 5.74) is -0.302. The Morgan fingerprint density at radius 2 is 2.08 bits per heavy atom. The third kappa shape index (κ3) is 6.70. The molecule has 0 aromatic heterocycles. The van der Waals surface area contributed by atoms with Gasteiger partial charge >= 0.3 is 0 Å². The van der Waals surface area contributed by atoms with Crippen molar-refractivity contribution in [3.63, 3.8) is 0 Å². The molecule has 13 heavy (non-hydrogen) atoms. The highest BCUT2D eigenvalue weighted by atomic mass is 32.2. The smallest absolute Gasteiger partial charge is 0.164 e. The summed E-state index contributed by atoms with van der Waals surface area (Å²) in [7, 11) is 0. The lowest BCUT2D eigenvalue weighted by molar-refractivity contribution is -0.531. The van der Waals surface area contributed by atoms with Crippen LogP contribution < -0.4 is 0 Å². The van der Waals surface area contributed by atoms with Crippen LogP contribution in [0, 0.1) is 5.21 Å². The number of hydrogen-bond acceptors (Lipinski definition) is 2. The second-order valence-corrected chi connectivity index (χ2v) is 4.98. The topological polar surface area (TPSA) is 26.1 Å². The van der Waals surface area contributed by atoms with Gasteiger partial charge in [0.25, 0.3) is 0 Å². The Balaban J connectivity index is 3.66. The summed E-state index contributed by atoms with van der Waals surface area (Å²) < 4.78 is 1.03. The van der Waals surface area contributed by atoms with E-state index in [0.29, 0.717) is 0 Å². The van der Waals surface area contributed by atoms with Gasteiger partial charge in [-0.15, -0.1) is 6.58 Å². The van der Waals surface area contributed by atoms with Crippen LogP contribution in [0.5, 0.6) is 0 Å². The molecule has 0 atom stereocenters. The summed E-state index contributed by atoms with van der Waals surface area (Å²) in [6.07, 6.45) is 4.43. The monoisotopic (exact) mass is 201 g/mol. The maximum absolute atomic E-state index is 11.3. The van der Waals surface area contributed by atoms with Crippen molar-refractivity contribution in [1.29, 1.82) is 0 Å². The molecule has 0 N–H and O–H groups in total. The van der Waals surface area contributed by atoms with Gasteiger partial charge in [0, 0.05) is 38.7 Å². The molecule has 0 bridgehead atoms. The van der Waals surface area contributed by atoms with Gasteiger partial charge in [0.15, 0.2) is 11.8 Å². The van der Waals surface area contributed by atoms with Crippen LogP contribution in [0.25, 0.3) is 0 Å². The summed E-state index contributed by atoms with van der Waals surface area (Å²) >= 11 is 1.79. The van der Waals surface area contributed by atoms with Gasteiger partial charge in [0.1, 0.15) is 0 Å². The Morgan fingerprint density at radius 3 is 2.54 bits per heavy atom. The van der Waals surface area contributed by atoms with Gasteiger partial charge in [-0.3, -0.25) is 0 Å². The van der Waals surface area contributed by atoms with Gasteiger partial charge in [-0.25, -0.2) is 4.74 Å². The lowest BCUT2D eigenvalue weighted by Crippen LogP contribution is -2.29. The summed E-state index contributed by atoms with van der Waals surface area (Å²) in [5.74, 6) is 1.95. The zero-order chi connectivity index (χ0) is 10.3. The number of rotatable bonds is 5. The Morgan fingerprint density at radius 1 is 1.46 bits per heavy atom. The van der Waals surface area contributed by atoms with Crippen molar-refractivity contribution in [3.8, 4) is 0 Å². The highest BCUT2D eigenvalue weighted by molar-refractivity contribution is 7.99. The van der Waals surface area contributed by atoms with Gasteiger partial charge in [0.05, 0.1) is 0 Å². The van der Waals surface area contributed by atoms with E-state index in [4.69, 9.17) is 0 Å². The minimum absolute atomic E-state index is 0.302. The van der Waals surface area contributed by atoms with Crippen LogP contribution in [0.2, 0.25) is 0 Å².